The molecule has 1 aromatic heterocycles. The van der Waals surface area contributed by atoms with Crippen LogP contribution in [0.25, 0.3) is 0 Å². The van der Waals surface area contributed by atoms with Crippen molar-refractivity contribution in [2.24, 2.45) is 11.1 Å². The lowest BCUT2D eigenvalue weighted by Crippen LogP contribution is -2.25. The van der Waals surface area contributed by atoms with Gasteiger partial charge in [0, 0.05) is 16.7 Å². The molecule has 0 unspecified atom stereocenters. The van der Waals surface area contributed by atoms with Gasteiger partial charge in [-0.25, -0.2) is 0 Å². The third-order valence-corrected chi connectivity index (χ3v) is 4.14. The average molecular weight is 207 g/mol. The van der Waals surface area contributed by atoms with Gasteiger partial charge in [0.2, 0.25) is 0 Å². The van der Waals surface area contributed by atoms with Crippen molar-refractivity contribution in [2.45, 2.75) is 25.2 Å². The minimum absolute atomic E-state index is 0.552. The highest BCUT2D eigenvalue weighted by Crippen LogP contribution is 2.38. The molecule has 1 saturated carbocycles. The Morgan fingerprint density at radius 3 is 3.29 bits per heavy atom. The highest BCUT2D eigenvalue weighted by molar-refractivity contribution is 7.10. The smallest absolute Gasteiger partial charge is 0.125 e. The fourth-order valence-electron chi connectivity index (χ4n) is 2.43. The van der Waals surface area contributed by atoms with Crippen LogP contribution in [0.15, 0.2) is 22.7 Å². The van der Waals surface area contributed by atoms with Crippen LogP contribution in [0, 0.1) is 5.92 Å². The van der Waals surface area contributed by atoms with Gasteiger partial charge in [-0.05, 0) is 24.3 Å². The zero-order valence-electron chi connectivity index (χ0n) is 7.98. The highest BCUT2D eigenvalue weighted by Gasteiger charge is 2.34. The van der Waals surface area contributed by atoms with Crippen LogP contribution in [0.4, 0.5) is 0 Å². The lowest BCUT2D eigenvalue weighted by Gasteiger charge is -2.24. The van der Waals surface area contributed by atoms with Crippen molar-refractivity contribution in [3.05, 3.63) is 22.4 Å². The number of thiophene rings is 1. The van der Waals surface area contributed by atoms with E-state index in [9.17, 15) is 0 Å². The summed E-state index contributed by atoms with van der Waals surface area (Å²) in [6.07, 6.45) is 3.83. The predicted octanol–water partition coefficient (Wildman–Crippen LogP) is 3.02. The van der Waals surface area contributed by atoms with E-state index in [0.717, 1.165) is 6.61 Å². The van der Waals surface area contributed by atoms with Gasteiger partial charge in [0.25, 0.3) is 0 Å². The summed E-state index contributed by atoms with van der Waals surface area (Å²) in [6.45, 7) is 0.817. The molecule has 1 aliphatic carbocycles. The van der Waals surface area contributed by atoms with E-state index in [2.05, 4.69) is 22.7 Å². The normalized spacial score (nSPS) is 30.7. The molecule has 0 saturated heterocycles. The van der Waals surface area contributed by atoms with Crippen LogP contribution in [0.5, 0.6) is 0 Å². The number of hydrogen-bond donors (Lipinski definition) is 0. The van der Waals surface area contributed by atoms with E-state index >= 15 is 0 Å². The van der Waals surface area contributed by atoms with E-state index in [0.29, 0.717) is 11.8 Å². The first-order valence-corrected chi connectivity index (χ1v) is 6.06. The summed E-state index contributed by atoms with van der Waals surface area (Å²) in [5, 5.41) is 6.37. The van der Waals surface area contributed by atoms with Gasteiger partial charge in [-0.15, -0.1) is 11.3 Å². The molecule has 0 bridgehead atoms. The van der Waals surface area contributed by atoms with E-state index < -0.39 is 0 Å². The molecular formula is C11H13NOS. The van der Waals surface area contributed by atoms with Gasteiger partial charge in [-0.1, -0.05) is 17.6 Å². The molecule has 2 heterocycles. The van der Waals surface area contributed by atoms with Crippen LogP contribution in [0.3, 0.4) is 0 Å². The molecule has 3 rings (SSSR count). The monoisotopic (exact) mass is 207 g/mol. The van der Waals surface area contributed by atoms with Gasteiger partial charge in [-0.2, -0.15) is 0 Å². The quantitative estimate of drug-likeness (QED) is 0.693. The van der Waals surface area contributed by atoms with Crippen LogP contribution >= 0.6 is 11.3 Å². The fraction of sp³-hybridized carbons (Fsp3) is 0.545. The fourth-order valence-corrected chi connectivity index (χ4v) is 3.31. The zero-order chi connectivity index (χ0) is 9.38. The molecule has 0 spiro atoms. The van der Waals surface area contributed by atoms with E-state index in [-0.39, 0.29) is 0 Å². The van der Waals surface area contributed by atoms with E-state index in [1.807, 2.05) is 11.3 Å². The Labute approximate surface area is 87.6 Å². The van der Waals surface area contributed by atoms with Crippen molar-refractivity contribution in [3.63, 3.8) is 0 Å². The Morgan fingerprint density at radius 2 is 2.43 bits per heavy atom. The molecule has 2 aliphatic rings. The first-order chi connectivity index (χ1) is 6.95. The Balaban J connectivity index is 1.92. The van der Waals surface area contributed by atoms with Crippen molar-refractivity contribution in [1.82, 2.24) is 0 Å². The molecule has 3 heteroatoms. The molecule has 0 radical (unpaired) electrons. The highest BCUT2D eigenvalue weighted by atomic mass is 32.1. The van der Waals surface area contributed by atoms with Crippen molar-refractivity contribution in [2.75, 3.05) is 6.61 Å². The average Bonchev–Trinajstić information content (AvgIpc) is 2.88. The Bertz CT molecular complexity index is 344. The summed E-state index contributed by atoms with van der Waals surface area (Å²) in [6, 6.07) is 4.35. The van der Waals surface area contributed by atoms with Gasteiger partial charge in [0.15, 0.2) is 0 Å². The minimum atomic E-state index is 0.552. The van der Waals surface area contributed by atoms with E-state index in [1.165, 1.54) is 29.9 Å². The molecule has 1 aliphatic heterocycles. The number of oxime groups is 1. The largest absolute Gasteiger partial charge is 0.395 e. The molecule has 1 fully saturated rings. The van der Waals surface area contributed by atoms with Crippen molar-refractivity contribution in [3.8, 4) is 0 Å². The summed E-state index contributed by atoms with van der Waals surface area (Å²) in [7, 11) is 0. The molecule has 14 heavy (non-hydrogen) atoms. The van der Waals surface area contributed by atoms with Crippen LogP contribution in [0.2, 0.25) is 0 Å². The molecular weight excluding hydrogens is 194 g/mol. The van der Waals surface area contributed by atoms with Crippen LogP contribution in [0.1, 0.15) is 30.1 Å². The molecule has 74 valence electrons. The first-order valence-electron chi connectivity index (χ1n) is 5.18. The predicted molar refractivity (Wildman–Crippen MR) is 57.8 cm³/mol. The summed E-state index contributed by atoms with van der Waals surface area (Å²) in [4.78, 5) is 6.67. The molecule has 0 amide bonds. The molecule has 2 atom stereocenters. The first kappa shape index (κ1) is 8.48. The Hall–Kier alpha value is -0.830. The maximum atomic E-state index is 5.21. The zero-order valence-corrected chi connectivity index (χ0v) is 8.80. The van der Waals surface area contributed by atoms with Crippen molar-refractivity contribution >= 4 is 17.0 Å². The molecule has 0 aromatic carbocycles. The third-order valence-electron chi connectivity index (χ3n) is 3.15. The summed E-state index contributed by atoms with van der Waals surface area (Å²) >= 11 is 1.84. The number of fused-ring (bicyclic) bond motifs is 1. The molecule has 2 nitrogen and oxygen atoms in total. The van der Waals surface area contributed by atoms with Gasteiger partial charge in [0.05, 0.1) is 5.71 Å². The van der Waals surface area contributed by atoms with E-state index in [4.69, 9.17) is 4.84 Å². The molecule has 1 aromatic rings. The molecule has 0 N–H and O–H groups in total. The summed E-state index contributed by atoms with van der Waals surface area (Å²) in [5.41, 5.74) is 1.30. The SMILES string of the molecule is c1csc([C@H]2CCC[C@@H]3CON=C32)c1. The van der Waals surface area contributed by atoms with Gasteiger partial charge in [-0.3, -0.25) is 0 Å². The van der Waals surface area contributed by atoms with Gasteiger partial charge in [0.1, 0.15) is 6.61 Å². The lowest BCUT2D eigenvalue weighted by molar-refractivity contribution is 0.152. The van der Waals surface area contributed by atoms with Crippen molar-refractivity contribution < 1.29 is 4.84 Å². The third kappa shape index (κ3) is 1.27. The minimum Gasteiger partial charge on any atom is -0.395 e. The second kappa shape index (κ2) is 3.39. The second-order valence-corrected chi connectivity index (χ2v) is 4.99. The van der Waals surface area contributed by atoms with Crippen LogP contribution < -0.4 is 0 Å². The maximum Gasteiger partial charge on any atom is 0.125 e. The summed E-state index contributed by atoms with van der Waals surface area (Å²) < 4.78 is 0. The number of hydrogen-bond acceptors (Lipinski definition) is 3. The van der Waals surface area contributed by atoms with Crippen LogP contribution in [-0.4, -0.2) is 12.3 Å². The standard InChI is InChI=1S/C11H13NOS/c1-3-8-7-13-12-11(8)9(4-1)10-5-2-6-14-10/h2,5-6,8-9H,1,3-4,7H2/t8-,9-/m1/s1. The Morgan fingerprint density at radius 1 is 1.43 bits per heavy atom. The maximum absolute atomic E-state index is 5.21. The Kier molecular flexibility index (Phi) is 2.05. The van der Waals surface area contributed by atoms with E-state index in [1.54, 1.807) is 0 Å². The van der Waals surface area contributed by atoms with Crippen LogP contribution in [-0.2, 0) is 4.84 Å². The van der Waals surface area contributed by atoms with Crippen molar-refractivity contribution in [1.29, 1.82) is 0 Å². The lowest BCUT2D eigenvalue weighted by atomic mass is 9.79. The second-order valence-electron chi connectivity index (χ2n) is 4.01. The topological polar surface area (TPSA) is 21.6 Å². The number of nitrogens with zero attached hydrogens (tertiary/aromatic N) is 1. The summed E-state index contributed by atoms with van der Waals surface area (Å²) in [5.74, 6) is 1.16. The van der Waals surface area contributed by atoms with Gasteiger partial charge >= 0.3 is 0 Å². The number of rotatable bonds is 1. The van der Waals surface area contributed by atoms with Gasteiger partial charge < -0.3 is 4.84 Å².